The molecule has 0 atom stereocenters. The third-order valence-electron chi connectivity index (χ3n) is 3.47. The number of nitrogens with one attached hydrogen (secondary N) is 1. The van der Waals surface area contributed by atoms with Crippen LogP contribution in [0.3, 0.4) is 0 Å². The molecule has 0 unspecified atom stereocenters. The van der Waals surface area contributed by atoms with Crippen molar-refractivity contribution in [2.24, 2.45) is 0 Å². The van der Waals surface area contributed by atoms with Crippen molar-refractivity contribution in [1.29, 1.82) is 0 Å². The van der Waals surface area contributed by atoms with Crippen molar-refractivity contribution in [3.8, 4) is 0 Å². The number of hydrogen-bond acceptors (Lipinski definition) is 3. The Labute approximate surface area is 125 Å². The normalized spacial score (nSPS) is 11.1. The first-order valence-corrected chi connectivity index (χ1v) is 7.70. The Morgan fingerprint density at radius 3 is 2.90 bits per heavy atom. The average Bonchev–Trinajstić information content (AvgIpc) is 2.88. The van der Waals surface area contributed by atoms with Gasteiger partial charge in [0, 0.05) is 6.54 Å². The largest absolute Gasteiger partial charge is 0.323 e. The first-order chi connectivity index (χ1) is 9.66. The third kappa shape index (κ3) is 2.34. The van der Waals surface area contributed by atoms with Crippen LogP contribution in [0, 0.1) is 11.7 Å². The SMILES string of the molecule is Cc1ccccc1CCn1c(=S)[nH]c2sccc2c1=O. The van der Waals surface area contributed by atoms with Gasteiger partial charge in [-0.2, -0.15) is 0 Å². The molecule has 1 N–H and O–H groups in total. The van der Waals surface area contributed by atoms with Gasteiger partial charge >= 0.3 is 0 Å². The van der Waals surface area contributed by atoms with Crippen molar-refractivity contribution >= 4 is 33.8 Å². The van der Waals surface area contributed by atoms with E-state index in [-0.39, 0.29) is 5.56 Å². The van der Waals surface area contributed by atoms with Gasteiger partial charge in [-0.25, -0.2) is 0 Å². The Balaban J connectivity index is 1.97. The lowest BCUT2D eigenvalue weighted by molar-refractivity contribution is 0.651. The molecule has 3 aromatic rings. The van der Waals surface area contributed by atoms with Crippen LogP contribution < -0.4 is 5.56 Å². The lowest BCUT2D eigenvalue weighted by atomic mass is 10.1. The molecule has 0 saturated carbocycles. The van der Waals surface area contributed by atoms with Crippen LogP contribution in [0.25, 0.3) is 10.2 Å². The number of aromatic amines is 1. The van der Waals surface area contributed by atoms with Gasteiger partial charge < -0.3 is 4.98 Å². The van der Waals surface area contributed by atoms with Crippen LogP contribution in [-0.4, -0.2) is 9.55 Å². The van der Waals surface area contributed by atoms with Crippen LogP contribution in [0.4, 0.5) is 0 Å². The van der Waals surface area contributed by atoms with Crippen LogP contribution in [-0.2, 0) is 13.0 Å². The predicted octanol–water partition coefficient (Wildman–Crippen LogP) is 3.67. The maximum atomic E-state index is 12.4. The summed E-state index contributed by atoms with van der Waals surface area (Å²) < 4.78 is 2.15. The van der Waals surface area contributed by atoms with Crippen LogP contribution in [0.15, 0.2) is 40.5 Å². The summed E-state index contributed by atoms with van der Waals surface area (Å²) in [5, 5.41) is 2.62. The predicted molar refractivity (Wildman–Crippen MR) is 86.2 cm³/mol. The number of H-pyrrole nitrogens is 1. The van der Waals surface area contributed by atoms with Crippen molar-refractivity contribution in [2.45, 2.75) is 19.9 Å². The van der Waals surface area contributed by atoms with Gasteiger partial charge in [0.1, 0.15) is 4.83 Å². The van der Waals surface area contributed by atoms with Crippen LogP contribution >= 0.6 is 23.6 Å². The van der Waals surface area contributed by atoms with Crippen molar-refractivity contribution in [1.82, 2.24) is 9.55 Å². The summed E-state index contributed by atoms with van der Waals surface area (Å²) in [5.41, 5.74) is 2.49. The van der Waals surface area contributed by atoms with E-state index < -0.39 is 0 Å². The molecule has 0 aliphatic rings. The highest BCUT2D eigenvalue weighted by Crippen LogP contribution is 2.14. The van der Waals surface area contributed by atoms with Crippen molar-refractivity contribution in [2.75, 3.05) is 0 Å². The maximum absolute atomic E-state index is 12.4. The molecule has 0 radical (unpaired) electrons. The topological polar surface area (TPSA) is 37.8 Å². The first kappa shape index (κ1) is 13.3. The number of aromatic nitrogens is 2. The summed E-state index contributed by atoms with van der Waals surface area (Å²) in [6, 6.07) is 10.1. The van der Waals surface area contributed by atoms with Crippen LogP contribution in [0.1, 0.15) is 11.1 Å². The Kier molecular flexibility index (Phi) is 3.54. The first-order valence-electron chi connectivity index (χ1n) is 6.41. The van der Waals surface area contributed by atoms with Crippen LogP contribution in [0.2, 0.25) is 0 Å². The summed E-state index contributed by atoms with van der Waals surface area (Å²) in [6.45, 7) is 2.69. The average molecular weight is 302 g/mol. The van der Waals surface area contributed by atoms with E-state index in [1.165, 1.54) is 22.5 Å². The Morgan fingerprint density at radius 1 is 1.30 bits per heavy atom. The molecule has 0 fully saturated rings. The van der Waals surface area contributed by atoms with E-state index >= 15 is 0 Å². The number of nitrogens with zero attached hydrogens (tertiary/aromatic N) is 1. The Bertz CT molecular complexity index is 873. The quantitative estimate of drug-likeness (QED) is 0.750. The lowest BCUT2D eigenvalue weighted by Crippen LogP contribution is -2.22. The monoisotopic (exact) mass is 302 g/mol. The molecule has 102 valence electrons. The number of aryl methyl sites for hydroxylation is 2. The number of thiophene rings is 1. The molecule has 2 heterocycles. The van der Waals surface area contributed by atoms with Gasteiger partial charge in [-0.1, -0.05) is 24.3 Å². The lowest BCUT2D eigenvalue weighted by Gasteiger charge is -2.08. The van der Waals surface area contributed by atoms with Crippen molar-refractivity contribution < 1.29 is 0 Å². The summed E-state index contributed by atoms with van der Waals surface area (Å²) in [4.78, 5) is 16.4. The molecular formula is C15H14N2OS2. The molecule has 2 aromatic heterocycles. The van der Waals surface area contributed by atoms with Crippen LogP contribution in [0.5, 0.6) is 0 Å². The maximum Gasteiger partial charge on any atom is 0.263 e. The molecule has 1 aromatic carbocycles. The molecule has 0 spiro atoms. The standard InChI is InChI=1S/C15H14N2OS2/c1-10-4-2-3-5-11(10)6-8-17-14(18)12-7-9-20-13(12)16-15(17)19/h2-5,7,9H,6,8H2,1H3,(H,16,19). The molecule has 0 aliphatic heterocycles. The molecule has 3 nitrogen and oxygen atoms in total. The number of hydrogen-bond donors (Lipinski definition) is 1. The van der Waals surface area contributed by atoms with Crippen molar-refractivity contribution in [3.63, 3.8) is 0 Å². The molecule has 20 heavy (non-hydrogen) atoms. The summed E-state index contributed by atoms with van der Waals surface area (Å²) in [5.74, 6) is 0. The minimum atomic E-state index is -0.00131. The number of rotatable bonds is 3. The van der Waals surface area contributed by atoms with Gasteiger partial charge in [-0.05, 0) is 48.1 Å². The second-order valence-corrected chi connectivity index (χ2v) is 6.03. The molecule has 0 aliphatic carbocycles. The Hall–Kier alpha value is -1.72. The molecule has 0 saturated heterocycles. The summed E-state index contributed by atoms with van der Waals surface area (Å²) >= 11 is 6.80. The number of benzene rings is 1. The molecule has 3 rings (SSSR count). The Morgan fingerprint density at radius 2 is 2.10 bits per heavy atom. The highest BCUT2D eigenvalue weighted by Gasteiger charge is 2.07. The van der Waals surface area contributed by atoms with Gasteiger partial charge in [0.2, 0.25) is 0 Å². The molecule has 5 heteroatoms. The zero-order chi connectivity index (χ0) is 14.1. The van der Waals surface area contributed by atoms with Crippen molar-refractivity contribution in [3.05, 3.63) is 62.0 Å². The minimum Gasteiger partial charge on any atom is -0.323 e. The van der Waals surface area contributed by atoms with Gasteiger partial charge in [-0.3, -0.25) is 9.36 Å². The fraction of sp³-hybridized carbons (Fsp3) is 0.200. The highest BCUT2D eigenvalue weighted by molar-refractivity contribution is 7.71. The molecular weight excluding hydrogens is 288 g/mol. The minimum absolute atomic E-state index is 0.00131. The van der Waals surface area contributed by atoms with E-state index in [0.29, 0.717) is 16.7 Å². The van der Waals surface area contributed by atoms with E-state index in [0.717, 1.165) is 11.3 Å². The molecule has 0 bridgehead atoms. The van der Waals surface area contributed by atoms with E-state index in [2.05, 4.69) is 24.0 Å². The molecule has 0 amide bonds. The van der Waals surface area contributed by atoms with E-state index in [1.807, 2.05) is 23.6 Å². The zero-order valence-electron chi connectivity index (χ0n) is 11.1. The summed E-state index contributed by atoms with van der Waals surface area (Å²) in [6.07, 6.45) is 0.805. The highest BCUT2D eigenvalue weighted by atomic mass is 32.1. The number of fused-ring (bicyclic) bond motifs is 1. The van der Waals surface area contributed by atoms with Gasteiger partial charge in [-0.15, -0.1) is 11.3 Å². The zero-order valence-corrected chi connectivity index (χ0v) is 12.7. The summed E-state index contributed by atoms with van der Waals surface area (Å²) in [7, 11) is 0. The van der Waals surface area contributed by atoms with E-state index in [4.69, 9.17) is 12.2 Å². The smallest absolute Gasteiger partial charge is 0.263 e. The van der Waals surface area contributed by atoms with Gasteiger partial charge in [0.25, 0.3) is 5.56 Å². The van der Waals surface area contributed by atoms with Gasteiger partial charge in [0.05, 0.1) is 5.39 Å². The van der Waals surface area contributed by atoms with E-state index in [1.54, 1.807) is 4.57 Å². The second kappa shape index (κ2) is 5.34. The second-order valence-electron chi connectivity index (χ2n) is 4.73. The van der Waals surface area contributed by atoms with E-state index in [9.17, 15) is 4.79 Å². The fourth-order valence-electron chi connectivity index (χ4n) is 2.30. The fourth-order valence-corrected chi connectivity index (χ4v) is 3.42. The van der Waals surface area contributed by atoms with Gasteiger partial charge in [0.15, 0.2) is 4.77 Å². The third-order valence-corrected chi connectivity index (χ3v) is 4.62.